The van der Waals surface area contributed by atoms with Gasteiger partial charge >= 0.3 is 13.2 Å². The third-order valence-electron chi connectivity index (χ3n) is 4.22. The number of halogens is 4. The molecule has 2 aromatic rings. The minimum atomic E-state index is -2.90. The molecule has 0 spiro atoms. The van der Waals surface area contributed by atoms with Crippen LogP contribution in [0.5, 0.6) is 11.5 Å². The Kier molecular flexibility index (Phi) is 9.74. The van der Waals surface area contributed by atoms with Crippen molar-refractivity contribution in [3.05, 3.63) is 59.7 Å². The summed E-state index contributed by atoms with van der Waals surface area (Å²) in [6, 6.07) is 13.8. The van der Waals surface area contributed by atoms with E-state index < -0.39 is 19.3 Å². The SMILES string of the molecule is N#CC(c1ccccc1OC(F)F)N1CCOCC1.O=Cc1ccccc1OC(F)F. The van der Waals surface area contributed by atoms with Crippen molar-refractivity contribution in [3.63, 3.8) is 0 Å². The summed E-state index contributed by atoms with van der Waals surface area (Å²) in [7, 11) is 0. The molecule has 3 rings (SSSR count). The van der Waals surface area contributed by atoms with E-state index in [2.05, 4.69) is 15.5 Å². The molecule has 1 aliphatic rings. The van der Waals surface area contributed by atoms with Crippen molar-refractivity contribution in [1.29, 1.82) is 5.26 Å². The van der Waals surface area contributed by atoms with Gasteiger partial charge in [0.05, 0.1) is 24.8 Å². The summed E-state index contributed by atoms with van der Waals surface area (Å²) < 4.78 is 61.9. The van der Waals surface area contributed by atoms with Gasteiger partial charge in [0.1, 0.15) is 17.5 Å². The van der Waals surface area contributed by atoms with Crippen molar-refractivity contribution in [2.45, 2.75) is 19.3 Å². The monoisotopic (exact) mass is 440 g/mol. The molecule has 1 saturated heterocycles. The average Bonchev–Trinajstić information content (AvgIpc) is 2.76. The first-order valence-electron chi connectivity index (χ1n) is 9.20. The highest BCUT2D eigenvalue weighted by Gasteiger charge is 2.25. The molecule has 1 atom stereocenters. The second-order valence-corrected chi connectivity index (χ2v) is 6.13. The number of ether oxygens (including phenoxy) is 3. The van der Waals surface area contributed by atoms with Gasteiger partial charge in [-0.15, -0.1) is 0 Å². The molecule has 2 aromatic carbocycles. The molecule has 10 heteroatoms. The molecule has 0 aliphatic carbocycles. The molecule has 0 amide bonds. The minimum Gasteiger partial charge on any atom is -0.434 e. The quantitative estimate of drug-likeness (QED) is 0.473. The molecule has 0 bridgehead atoms. The van der Waals surface area contributed by atoms with Gasteiger partial charge < -0.3 is 14.2 Å². The van der Waals surface area contributed by atoms with Crippen LogP contribution in [0.1, 0.15) is 22.0 Å². The molecule has 166 valence electrons. The smallest absolute Gasteiger partial charge is 0.387 e. The number of alkyl halides is 4. The predicted octanol–water partition coefficient (Wildman–Crippen LogP) is 4.29. The zero-order chi connectivity index (χ0) is 22.6. The van der Waals surface area contributed by atoms with Crippen LogP contribution in [0.2, 0.25) is 0 Å². The first-order valence-corrected chi connectivity index (χ1v) is 9.20. The second kappa shape index (κ2) is 12.5. The number of carbonyl (C=O) groups excluding carboxylic acids is 1. The number of aldehydes is 1. The van der Waals surface area contributed by atoms with Crippen LogP contribution in [0.15, 0.2) is 48.5 Å². The fourth-order valence-electron chi connectivity index (χ4n) is 2.87. The molecule has 0 N–H and O–H groups in total. The van der Waals surface area contributed by atoms with Crippen molar-refractivity contribution < 1.29 is 36.6 Å². The first-order chi connectivity index (χ1) is 15.0. The number of rotatable bonds is 7. The average molecular weight is 440 g/mol. The number of hydrogen-bond acceptors (Lipinski definition) is 6. The normalized spacial score (nSPS) is 14.9. The van der Waals surface area contributed by atoms with Crippen molar-refractivity contribution in [2.24, 2.45) is 0 Å². The number of nitriles is 1. The zero-order valence-corrected chi connectivity index (χ0v) is 16.3. The molecule has 0 radical (unpaired) electrons. The zero-order valence-electron chi connectivity index (χ0n) is 16.3. The van der Waals surface area contributed by atoms with Crippen molar-refractivity contribution in [3.8, 4) is 17.6 Å². The molecular formula is C21H20F4N2O4. The van der Waals surface area contributed by atoms with Crippen LogP contribution in [0, 0.1) is 11.3 Å². The highest BCUT2D eigenvalue weighted by Crippen LogP contribution is 2.30. The lowest BCUT2D eigenvalue weighted by Gasteiger charge is -2.31. The molecule has 1 aliphatic heterocycles. The summed E-state index contributed by atoms with van der Waals surface area (Å²) in [4.78, 5) is 12.2. The Morgan fingerprint density at radius 3 is 2.06 bits per heavy atom. The van der Waals surface area contributed by atoms with E-state index in [0.717, 1.165) is 0 Å². The second-order valence-electron chi connectivity index (χ2n) is 6.13. The number of carbonyl (C=O) groups is 1. The maximum absolute atomic E-state index is 12.4. The van der Waals surface area contributed by atoms with E-state index in [4.69, 9.17) is 4.74 Å². The van der Waals surface area contributed by atoms with E-state index in [1.165, 1.54) is 24.3 Å². The van der Waals surface area contributed by atoms with Gasteiger partial charge in [-0.1, -0.05) is 30.3 Å². The number of hydrogen-bond donors (Lipinski definition) is 0. The minimum absolute atomic E-state index is 0.0514. The Balaban J connectivity index is 0.000000245. The molecule has 1 unspecified atom stereocenters. The van der Waals surface area contributed by atoms with Gasteiger partial charge in [0, 0.05) is 18.7 Å². The third kappa shape index (κ3) is 7.55. The Hall–Kier alpha value is -3.16. The molecule has 31 heavy (non-hydrogen) atoms. The van der Waals surface area contributed by atoms with Crippen LogP contribution in [-0.4, -0.2) is 50.7 Å². The highest BCUT2D eigenvalue weighted by atomic mass is 19.3. The number of nitrogens with zero attached hydrogens (tertiary/aromatic N) is 2. The standard InChI is InChI=1S/C13H14F2N2O2.C8H6F2O2/c14-13(15)19-12-4-2-1-3-10(12)11(9-16)17-5-7-18-8-6-17;9-8(10)12-7-4-2-1-3-6(7)5-11/h1-4,11,13H,5-8H2;1-5,8H. The lowest BCUT2D eigenvalue weighted by molar-refractivity contribution is -0.0517. The number of para-hydroxylation sites is 2. The molecule has 6 nitrogen and oxygen atoms in total. The summed E-state index contributed by atoms with van der Waals surface area (Å²) in [6.45, 7) is -3.52. The topological polar surface area (TPSA) is 71.8 Å². The summed E-state index contributed by atoms with van der Waals surface area (Å²) in [5.41, 5.74) is 0.588. The Bertz CT molecular complexity index is 870. The van der Waals surface area contributed by atoms with E-state index in [1.807, 2.05) is 4.90 Å². The van der Waals surface area contributed by atoms with Crippen molar-refractivity contribution in [1.82, 2.24) is 4.90 Å². The molecular weight excluding hydrogens is 420 g/mol. The van der Waals surface area contributed by atoms with Gasteiger partial charge in [0.2, 0.25) is 0 Å². The van der Waals surface area contributed by atoms with E-state index in [1.54, 1.807) is 24.3 Å². The largest absolute Gasteiger partial charge is 0.434 e. The number of morpholine rings is 1. The summed E-state index contributed by atoms with van der Waals surface area (Å²) in [5, 5.41) is 9.31. The summed E-state index contributed by atoms with van der Waals surface area (Å²) in [6.07, 6.45) is 0.470. The van der Waals surface area contributed by atoms with Gasteiger partial charge in [0.25, 0.3) is 0 Å². The maximum Gasteiger partial charge on any atom is 0.387 e. The van der Waals surface area contributed by atoms with E-state index in [9.17, 15) is 27.6 Å². The fourth-order valence-corrected chi connectivity index (χ4v) is 2.87. The summed E-state index contributed by atoms with van der Waals surface area (Å²) >= 11 is 0. The Labute approximate surface area is 176 Å². The van der Waals surface area contributed by atoms with Crippen LogP contribution in [0.3, 0.4) is 0 Å². The lowest BCUT2D eigenvalue weighted by atomic mass is 10.0. The fraction of sp³-hybridized carbons (Fsp3) is 0.333. The van der Waals surface area contributed by atoms with E-state index in [-0.39, 0.29) is 17.1 Å². The van der Waals surface area contributed by atoms with E-state index >= 15 is 0 Å². The van der Waals surface area contributed by atoms with Crippen molar-refractivity contribution in [2.75, 3.05) is 26.3 Å². The van der Waals surface area contributed by atoms with Gasteiger partial charge in [0.15, 0.2) is 6.29 Å². The predicted molar refractivity (Wildman–Crippen MR) is 102 cm³/mol. The van der Waals surface area contributed by atoms with Crippen LogP contribution in [0.25, 0.3) is 0 Å². The van der Waals surface area contributed by atoms with Crippen LogP contribution in [-0.2, 0) is 4.74 Å². The number of benzene rings is 2. The third-order valence-corrected chi connectivity index (χ3v) is 4.22. The first kappa shape index (κ1) is 24.1. The Morgan fingerprint density at radius 2 is 1.48 bits per heavy atom. The molecule has 0 aromatic heterocycles. The van der Waals surface area contributed by atoms with Gasteiger partial charge in [-0.05, 0) is 18.2 Å². The van der Waals surface area contributed by atoms with Gasteiger partial charge in [-0.2, -0.15) is 22.8 Å². The lowest BCUT2D eigenvalue weighted by Crippen LogP contribution is -2.38. The van der Waals surface area contributed by atoms with Crippen molar-refractivity contribution >= 4 is 6.29 Å². The molecule has 0 saturated carbocycles. The molecule has 1 heterocycles. The molecule has 1 fully saturated rings. The van der Waals surface area contributed by atoms with Gasteiger partial charge in [-0.25, -0.2) is 0 Å². The maximum atomic E-state index is 12.4. The van der Waals surface area contributed by atoms with Crippen LogP contribution >= 0.6 is 0 Å². The Morgan fingerprint density at radius 1 is 0.935 bits per heavy atom. The summed E-state index contributed by atoms with van der Waals surface area (Å²) in [5.74, 6) is -0.0435. The van der Waals surface area contributed by atoms with E-state index in [0.29, 0.717) is 38.2 Å². The van der Waals surface area contributed by atoms with Crippen LogP contribution in [0.4, 0.5) is 17.6 Å². The highest BCUT2D eigenvalue weighted by molar-refractivity contribution is 5.79. The van der Waals surface area contributed by atoms with Gasteiger partial charge in [-0.3, -0.25) is 9.69 Å². The van der Waals surface area contributed by atoms with Crippen LogP contribution < -0.4 is 9.47 Å².